The normalized spacial score (nSPS) is 18.9. The van der Waals surface area contributed by atoms with E-state index in [-0.39, 0.29) is 27.6 Å². The zero-order valence-corrected chi connectivity index (χ0v) is 43.2. The largest absolute Gasteiger partial charge is 0.355 e. The van der Waals surface area contributed by atoms with Crippen molar-refractivity contribution >= 4 is 103 Å². The molecule has 69 heavy (non-hydrogen) atoms. The molecule has 1 N–H and O–H groups in total. The van der Waals surface area contributed by atoms with Crippen LogP contribution in [0.5, 0.6) is 0 Å². The summed E-state index contributed by atoms with van der Waals surface area (Å²) in [6.45, 7) is 22.0. The van der Waals surface area contributed by atoms with Crippen molar-refractivity contribution in [3.63, 3.8) is 0 Å². The van der Waals surface area contributed by atoms with Crippen molar-refractivity contribution in [2.75, 3.05) is 5.32 Å². The standard InChI is InChI=1S/C65H59BNS2/c1-35-29-45-47(64(6,7)27-25-62(45,2)3)33-51(35)67-50-23-24-53-57(44-32-46-48(34-54(44)68-53)65(8,9)28-26-63(46,4)5)58(50)59-60-42(31-43-39-17-12-13-20-52(39)69-61(43)59)41-30-37-22-21-36-15-10-11-16-38(36)55(37)40-18-14-19-49(66-60)56(40)41/h10-24,29,31-34,41,67H,25-28,30H2,1-9H3. The van der Waals surface area contributed by atoms with Gasteiger partial charge in [-0.2, -0.15) is 0 Å². The molecule has 3 heterocycles. The number of thiophene rings is 2. The van der Waals surface area contributed by atoms with Gasteiger partial charge in [-0.3, -0.25) is 0 Å². The first kappa shape index (κ1) is 42.2. The maximum atomic E-state index is 4.29. The lowest BCUT2D eigenvalue weighted by molar-refractivity contribution is 0.332. The van der Waals surface area contributed by atoms with Gasteiger partial charge >= 0.3 is 0 Å². The molecule has 0 saturated heterocycles. The molecule has 14 rings (SSSR count). The molecule has 0 spiro atoms. The molecule has 1 aliphatic heterocycles. The summed E-state index contributed by atoms with van der Waals surface area (Å²) in [6, 6.07) is 47.9. The number of rotatable bonds is 3. The summed E-state index contributed by atoms with van der Waals surface area (Å²) in [5, 5.41) is 12.5. The number of hydrogen-bond donors (Lipinski definition) is 1. The molecule has 4 heteroatoms. The van der Waals surface area contributed by atoms with Gasteiger partial charge in [0.15, 0.2) is 7.28 Å². The Labute approximate surface area is 416 Å². The number of nitrogens with one attached hydrogen (secondary N) is 1. The highest BCUT2D eigenvalue weighted by atomic mass is 32.1. The molecular formula is C65H59BNS2. The van der Waals surface area contributed by atoms with Gasteiger partial charge < -0.3 is 5.32 Å². The molecule has 2 aromatic heterocycles. The molecule has 1 unspecified atom stereocenters. The van der Waals surface area contributed by atoms with E-state index in [0.29, 0.717) is 0 Å². The Morgan fingerprint density at radius 1 is 0.522 bits per heavy atom. The van der Waals surface area contributed by atoms with E-state index in [0.717, 1.165) is 6.42 Å². The van der Waals surface area contributed by atoms with Crippen molar-refractivity contribution in [1.82, 2.24) is 0 Å². The van der Waals surface area contributed by atoms with Gasteiger partial charge in [0.2, 0.25) is 0 Å². The lowest BCUT2D eigenvalue weighted by Crippen LogP contribution is -2.42. The molecule has 8 aromatic carbocycles. The SMILES string of the molecule is Cc1cc2c(cc1Nc1ccc3sc4cc5c(cc4c3c1-c1c3c(cc4c1sc1ccccc14)C1Cc4ccc6ccccc6c4-c4cccc(c41)[B]3)C(C)(C)CCC5(C)C)C(C)(C)CCC2(C)C. The third-order valence-electron chi connectivity index (χ3n) is 17.9. The minimum absolute atomic E-state index is 0.0899. The Bertz CT molecular complexity index is 3910. The van der Waals surface area contributed by atoms with Crippen molar-refractivity contribution < 1.29 is 0 Å². The molecule has 10 aromatic rings. The predicted molar refractivity (Wildman–Crippen MR) is 303 cm³/mol. The number of aryl methyl sites for hydroxylation is 1. The lowest BCUT2D eigenvalue weighted by atomic mass is 9.50. The van der Waals surface area contributed by atoms with Gasteiger partial charge in [-0.15, -0.1) is 22.7 Å². The van der Waals surface area contributed by atoms with E-state index in [2.05, 4.69) is 196 Å². The smallest absolute Gasteiger partial charge is 0.193 e. The molecule has 0 fully saturated rings. The number of benzene rings is 8. The van der Waals surface area contributed by atoms with E-state index in [4.69, 9.17) is 0 Å². The third-order valence-corrected chi connectivity index (χ3v) is 20.3. The van der Waals surface area contributed by atoms with Crippen LogP contribution < -0.4 is 16.2 Å². The second-order valence-electron chi connectivity index (χ2n) is 24.0. The highest BCUT2D eigenvalue weighted by Gasteiger charge is 2.41. The monoisotopic (exact) mass is 928 g/mol. The first-order valence-corrected chi connectivity index (χ1v) is 27.1. The highest BCUT2D eigenvalue weighted by molar-refractivity contribution is 7.27. The second-order valence-corrected chi connectivity index (χ2v) is 26.1. The quantitative estimate of drug-likeness (QED) is 0.174. The second kappa shape index (κ2) is 14.2. The van der Waals surface area contributed by atoms with E-state index in [9.17, 15) is 0 Å². The van der Waals surface area contributed by atoms with Gasteiger partial charge in [-0.25, -0.2) is 0 Å². The lowest BCUT2D eigenvalue weighted by Gasteiger charge is -2.42. The van der Waals surface area contributed by atoms with Gasteiger partial charge in [0, 0.05) is 63.2 Å². The summed E-state index contributed by atoms with van der Waals surface area (Å²) < 4.78 is 5.49. The fraction of sp³-hybridized carbons (Fsp3) is 0.292. The average Bonchev–Trinajstić information content (AvgIpc) is 3.89. The molecule has 1 atom stereocenters. The van der Waals surface area contributed by atoms with Crippen LogP contribution in [-0.2, 0) is 28.1 Å². The van der Waals surface area contributed by atoms with E-state index in [1.54, 1.807) is 0 Å². The summed E-state index contributed by atoms with van der Waals surface area (Å²) in [4.78, 5) is 0. The number of fused-ring (bicyclic) bond motifs is 14. The van der Waals surface area contributed by atoms with Crippen molar-refractivity contribution in [3.05, 3.63) is 166 Å². The third kappa shape index (κ3) is 6.01. The van der Waals surface area contributed by atoms with Crippen LogP contribution in [-0.4, -0.2) is 7.28 Å². The zero-order chi connectivity index (χ0) is 47.1. The van der Waals surface area contributed by atoms with Gasteiger partial charge in [-0.1, -0.05) is 145 Å². The summed E-state index contributed by atoms with van der Waals surface area (Å²) in [5.74, 6) is 0.227. The minimum atomic E-state index is 0.0899. The van der Waals surface area contributed by atoms with Crippen molar-refractivity contribution in [2.45, 2.75) is 122 Å². The van der Waals surface area contributed by atoms with Crippen LogP contribution in [0.1, 0.15) is 131 Å². The van der Waals surface area contributed by atoms with E-state index < -0.39 is 0 Å². The summed E-state index contributed by atoms with van der Waals surface area (Å²) >= 11 is 3.98. The van der Waals surface area contributed by atoms with E-state index >= 15 is 0 Å². The number of anilines is 2. The Morgan fingerprint density at radius 3 is 1.97 bits per heavy atom. The topological polar surface area (TPSA) is 12.0 Å². The van der Waals surface area contributed by atoms with Crippen molar-refractivity contribution in [1.29, 1.82) is 0 Å². The average molecular weight is 929 g/mol. The van der Waals surface area contributed by atoms with Gasteiger partial charge in [0.25, 0.3) is 0 Å². The molecule has 4 aliphatic rings. The molecule has 0 saturated carbocycles. The highest BCUT2D eigenvalue weighted by Crippen LogP contribution is 2.55. The summed E-state index contributed by atoms with van der Waals surface area (Å²) in [5.41, 5.74) is 22.9. The Hall–Kier alpha value is -5.68. The van der Waals surface area contributed by atoms with Crippen LogP contribution in [0.2, 0.25) is 0 Å². The fourth-order valence-electron chi connectivity index (χ4n) is 13.7. The Balaban J connectivity index is 1.10. The van der Waals surface area contributed by atoms with E-state index in [1.807, 2.05) is 22.7 Å². The van der Waals surface area contributed by atoms with Crippen LogP contribution in [0, 0.1) is 6.92 Å². The number of hydrogen-bond acceptors (Lipinski definition) is 3. The molecule has 0 bridgehead atoms. The first-order chi connectivity index (χ1) is 33.1. The summed E-state index contributed by atoms with van der Waals surface area (Å²) in [7, 11) is 2.60. The van der Waals surface area contributed by atoms with Gasteiger partial charge in [-0.05, 0) is 175 Å². The molecule has 339 valence electrons. The van der Waals surface area contributed by atoms with Gasteiger partial charge in [0.1, 0.15) is 0 Å². The summed E-state index contributed by atoms with van der Waals surface area (Å²) in [6.07, 6.45) is 5.77. The Kier molecular flexibility index (Phi) is 8.71. The van der Waals surface area contributed by atoms with Crippen LogP contribution in [0.25, 0.3) is 73.4 Å². The van der Waals surface area contributed by atoms with Crippen LogP contribution >= 0.6 is 22.7 Å². The molecular weight excluding hydrogens is 870 g/mol. The van der Waals surface area contributed by atoms with Crippen LogP contribution in [0.4, 0.5) is 11.4 Å². The molecule has 3 aliphatic carbocycles. The first-order valence-electron chi connectivity index (χ1n) is 25.5. The van der Waals surface area contributed by atoms with Crippen LogP contribution in [0.3, 0.4) is 0 Å². The maximum absolute atomic E-state index is 4.29. The maximum Gasteiger partial charge on any atom is 0.193 e. The molecule has 0 amide bonds. The fourth-order valence-corrected chi connectivity index (χ4v) is 16.1. The predicted octanol–water partition coefficient (Wildman–Crippen LogP) is 17.3. The molecule has 1 nitrogen and oxygen atoms in total. The van der Waals surface area contributed by atoms with Crippen molar-refractivity contribution in [3.8, 4) is 22.3 Å². The van der Waals surface area contributed by atoms with Gasteiger partial charge in [0.05, 0.1) is 0 Å². The minimum Gasteiger partial charge on any atom is -0.355 e. The van der Waals surface area contributed by atoms with Crippen LogP contribution in [0.15, 0.2) is 121 Å². The zero-order valence-electron chi connectivity index (χ0n) is 41.6. The Morgan fingerprint density at radius 2 is 1.20 bits per heavy atom. The van der Waals surface area contributed by atoms with E-state index in [1.165, 1.54) is 166 Å². The van der Waals surface area contributed by atoms with Crippen molar-refractivity contribution in [2.24, 2.45) is 0 Å². The molecule has 1 radical (unpaired) electrons.